The molecule has 1 aromatic rings. The second-order valence-corrected chi connectivity index (χ2v) is 4.06. The van der Waals surface area contributed by atoms with Crippen molar-refractivity contribution in [3.05, 3.63) is 24.3 Å². The smallest absolute Gasteiger partial charge is 0.319 e. The summed E-state index contributed by atoms with van der Waals surface area (Å²) in [6.45, 7) is 3.50. The van der Waals surface area contributed by atoms with E-state index in [0.717, 1.165) is 0 Å². The van der Waals surface area contributed by atoms with Crippen molar-refractivity contribution in [3.63, 3.8) is 0 Å². The number of amides is 2. The number of hydrogen-bond acceptors (Lipinski definition) is 5. The van der Waals surface area contributed by atoms with E-state index in [2.05, 4.69) is 10.6 Å². The van der Waals surface area contributed by atoms with E-state index in [1.54, 1.807) is 25.1 Å². The first-order valence-electron chi connectivity index (χ1n) is 6.50. The van der Waals surface area contributed by atoms with E-state index in [0.29, 0.717) is 18.0 Å². The van der Waals surface area contributed by atoms with Gasteiger partial charge in [-0.2, -0.15) is 0 Å². The van der Waals surface area contributed by atoms with Gasteiger partial charge in [-0.25, -0.2) is 4.79 Å². The molecule has 0 aliphatic carbocycles. The van der Waals surface area contributed by atoms with Gasteiger partial charge in [0.15, 0.2) is 0 Å². The van der Waals surface area contributed by atoms with Gasteiger partial charge in [-0.3, -0.25) is 9.59 Å². The normalized spacial score (nSPS) is 9.62. The lowest BCUT2D eigenvalue weighted by molar-refractivity contribution is -0.143. The Bertz CT molecular complexity index is 516. The lowest BCUT2D eigenvalue weighted by Crippen LogP contribution is -2.30. The standard InChI is InChI=1S/C14H18N2O5/c1-3-20-13(18)7-8-15-14(19)16-11-5-4-6-12(9-11)21-10(2)17/h4-6,9H,3,7-8H2,1-2H3,(H2,15,16,19). The zero-order valence-electron chi connectivity index (χ0n) is 12.0. The molecule has 0 heterocycles. The summed E-state index contributed by atoms with van der Waals surface area (Å²) in [5.41, 5.74) is 0.474. The molecule has 0 spiro atoms. The number of ether oxygens (including phenoxy) is 2. The number of carbonyl (C=O) groups is 3. The highest BCUT2D eigenvalue weighted by Gasteiger charge is 2.06. The molecule has 0 atom stereocenters. The number of esters is 2. The minimum atomic E-state index is -0.459. The molecule has 0 aliphatic rings. The van der Waals surface area contributed by atoms with Crippen LogP contribution in [0.15, 0.2) is 24.3 Å². The second-order valence-electron chi connectivity index (χ2n) is 4.06. The Morgan fingerprint density at radius 3 is 2.67 bits per heavy atom. The quantitative estimate of drug-likeness (QED) is 0.615. The molecule has 7 nitrogen and oxygen atoms in total. The van der Waals surface area contributed by atoms with Crippen molar-refractivity contribution in [2.24, 2.45) is 0 Å². The Morgan fingerprint density at radius 1 is 1.24 bits per heavy atom. The van der Waals surface area contributed by atoms with Crippen LogP contribution < -0.4 is 15.4 Å². The van der Waals surface area contributed by atoms with Crippen molar-refractivity contribution in [1.29, 1.82) is 0 Å². The van der Waals surface area contributed by atoms with Crippen molar-refractivity contribution >= 4 is 23.7 Å². The molecule has 0 saturated carbocycles. The molecule has 1 aromatic carbocycles. The molecular formula is C14H18N2O5. The van der Waals surface area contributed by atoms with E-state index < -0.39 is 12.0 Å². The number of anilines is 1. The lowest BCUT2D eigenvalue weighted by atomic mass is 10.3. The molecule has 21 heavy (non-hydrogen) atoms. The number of benzene rings is 1. The molecule has 2 amide bonds. The molecule has 0 aromatic heterocycles. The molecule has 0 saturated heterocycles. The maximum Gasteiger partial charge on any atom is 0.319 e. The number of hydrogen-bond donors (Lipinski definition) is 2. The van der Waals surface area contributed by atoms with Crippen LogP contribution in [0.5, 0.6) is 5.75 Å². The zero-order chi connectivity index (χ0) is 15.7. The molecule has 0 unspecified atom stereocenters. The van der Waals surface area contributed by atoms with Crippen molar-refractivity contribution < 1.29 is 23.9 Å². The molecule has 0 aliphatic heterocycles. The van der Waals surface area contributed by atoms with Crippen molar-refractivity contribution in [2.75, 3.05) is 18.5 Å². The van der Waals surface area contributed by atoms with E-state index in [4.69, 9.17) is 9.47 Å². The van der Waals surface area contributed by atoms with Crippen molar-refractivity contribution in [1.82, 2.24) is 5.32 Å². The van der Waals surface area contributed by atoms with E-state index in [1.165, 1.54) is 13.0 Å². The second kappa shape index (κ2) is 8.57. The fourth-order valence-electron chi connectivity index (χ4n) is 1.49. The van der Waals surface area contributed by atoms with Crippen LogP contribution in [-0.2, 0) is 14.3 Å². The Hall–Kier alpha value is -2.57. The fraction of sp³-hybridized carbons (Fsp3) is 0.357. The van der Waals surface area contributed by atoms with Gasteiger partial charge in [-0.05, 0) is 19.1 Å². The fourth-order valence-corrected chi connectivity index (χ4v) is 1.49. The van der Waals surface area contributed by atoms with Crippen LogP contribution in [0.1, 0.15) is 20.3 Å². The van der Waals surface area contributed by atoms with Gasteiger partial charge in [0.25, 0.3) is 0 Å². The third kappa shape index (κ3) is 6.95. The summed E-state index contributed by atoms with van der Waals surface area (Å²) in [6, 6.07) is 5.96. The van der Waals surface area contributed by atoms with Gasteiger partial charge in [0.1, 0.15) is 5.75 Å². The highest BCUT2D eigenvalue weighted by molar-refractivity contribution is 5.89. The summed E-state index contributed by atoms with van der Waals surface area (Å²) in [5.74, 6) is -0.465. The van der Waals surface area contributed by atoms with Gasteiger partial charge in [-0.1, -0.05) is 6.07 Å². The van der Waals surface area contributed by atoms with Gasteiger partial charge in [0, 0.05) is 25.2 Å². The van der Waals surface area contributed by atoms with Crippen LogP contribution in [0.4, 0.5) is 10.5 Å². The van der Waals surface area contributed by atoms with E-state index in [-0.39, 0.29) is 18.9 Å². The molecule has 0 radical (unpaired) electrons. The highest BCUT2D eigenvalue weighted by atomic mass is 16.5. The first kappa shape index (κ1) is 16.5. The highest BCUT2D eigenvalue weighted by Crippen LogP contribution is 2.17. The van der Waals surface area contributed by atoms with Crippen molar-refractivity contribution in [2.45, 2.75) is 20.3 Å². The minimum Gasteiger partial charge on any atom is -0.466 e. The topological polar surface area (TPSA) is 93.7 Å². The maximum atomic E-state index is 11.6. The van der Waals surface area contributed by atoms with Crippen LogP contribution >= 0.6 is 0 Å². The van der Waals surface area contributed by atoms with Crippen LogP contribution in [0.3, 0.4) is 0 Å². The first-order valence-corrected chi connectivity index (χ1v) is 6.50. The number of urea groups is 1. The summed E-state index contributed by atoms with van der Waals surface area (Å²) >= 11 is 0. The average molecular weight is 294 g/mol. The largest absolute Gasteiger partial charge is 0.466 e. The third-order valence-electron chi connectivity index (χ3n) is 2.27. The van der Waals surface area contributed by atoms with Crippen LogP contribution in [0.25, 0.3) is 0 Å². The predicted octanol–water partition coefficient (Wildman–Crippen LogP) is 1.69. The van der Waals surface area contributed by atoms with Gasteiger partial charge >= 0.3 is 18.0 Å². The van der Waals surface area contributed by atoms with Gasteiger partial charge in [0.05, 0.1) is 13.0 Å². The van der Waals surface area contributed by atoms with Gasteiger partial charge in [0.2, 0.25) is 0 Å². The monoisotopic (exact) mass is 294 g/mol. The number of rotatable bonds is 6. The maximum absolute atomic E-state index is 11.6. The summed E-state index contributed by atoms with van der Waals surface area (Å²) in [7, 11) is 0. The Balaban J connectivity index is 2.40. The van der Waals surface area contributed by atoms with Gasteiger partial charge < -0.3 is 20.1 Å². The Kier molecular flexibility index (Phi) is 6.73. The zero-order valence-corrected chi connectivity index (χ0v) is 12.0. The minimum absolute atomic E-state index is 0.106. The first-order chi connectivity index (χ1) is 10.0. The van der Waals surface area contributed by atoms with Crippen LogP contribution in [0.2, 0.25) is 0 Å². The molecule has 0 fully saturated rings. The van der Waals surface area contributed by atoms with Crippen LogP contribution in [-0.4, -0.2) is 31.1 Å². The summed E-state index contributed by atoms with van der Waals surface area (Å²) in [5, 5.41) is 5.09. The van der Waals surface area contributed by atoms with E-state index in [9.17, 15) is 14.4 Å². The summed E-state index contributed by atoms with van der Waals surface area (Å²) in [4.78, 5) is 33.5. The Morgan fingerprint density at radius 2 is 2.00 bits per heavy atom. The van der Waals surface area contributed by atoms with Gasteiger partial charge in [-0.15, -0.1) is 0 Å². The predicted molar refractivity (Wildman–Crippen MR) is 76.0 cm³/mol. The SMILES string of the molecule is CCOC(=O)CCNC(=O)Nc1cccc(OC(C)=O)c1. The molecule has 2 N–H and O–H groups in total. The molecule has 0 bridgehead atoms. The van der Waals surface area contributed by atoms with Crippen molar-refractivity contribution in [3.8, 4) is 5.75 Å². The van der Waals surface area contributed by atoms with Crippen LogP contribution in [0, 0.1) is 0 Å². The third-order valence-corrected chi connectivity index (χ3v) is 2.27. The number of nitrogens with one attached hydrogen (secondary N) is 2. The molecule has 7 heteroatoms. The summed E-state index contributed by atoms with van der Waals surface area (Å²) < 4.78 is 9.64. The Labute approximate surface area is 122 Å². The summed E-state index contributed by atoms with van der Waals surface area (Å²) in [6.07, 6.45) is 0.106. The molecular weight excluding hydrogens is 276 g/mol. The molecule has 1 rings (SSSR count). The molecule has 114 valence electrons. The number of carbonyl (C=O) groups excluding carboxylic acids is 3. The average Bonchev–Trinajstić information content (AvgIpc) is 2.38. The lowest BCUT2D eigenvalue weighted by Gasteiger charge is -2.08. The van der Waals surface area contributed by atoms with E-state index >= 15 is 0 Å². The van der Waals surface area contributed by atoms with E-state index in [1.807, 2.05) is 0 Å².